The van der Waals surface area contributed by atoms with Crippen molar-refractivity contribution in [3.63, 3.8) is 0 Å². The lowest BCUT2D eigenvalue weighted by Gasteiger charge is -2.32. The van der Waals surface area contributed by atoms with E-state index in [1.807, 2.05) is 7.05 Å². The summed E-state index contributed by atoms with van der Waals surface area (Å²) in [6, 6.07) is -0.321. The summed E-state index contributed by atoms with van der Waals surface area (Å²) in [5, 5.41) is 0. The second-order valence-corrected chi connectivity index (χ2v) is 5.65. The van der Waals surface area contributed by atoms with Crippen LogP contribution in [0.25, 0.3) is 0 Å². The Morgan fingerprint density at radius 3 is 2.45 bits per heavy atom. The van der Waals surface area contributed by atoms with Crippen LogP contribution in [0.1, 0.15) is 26.2 Å². The van der Waals surface area contributed by atoms with Gasteiger partial charge in [-0.3, -0.25) is 4.79 Å². The van der Waals surface area contributed by atoms with Crippen LogP contribution in [0.4, 0.5) is 0 Å². The van der Waals surface area contributed by atoms with E-state index in [0.717, 1.165) is 58.5 Å². The van der Waals surface area contributed by atoms with E-state index in [9.17, 15) is 4.79 Å². The van der Waals surface area contributed by atoms with E-state index in [1.165, 1.54) is 0 Å². The smallest absolute Gasteiger partial charge is 0.239 e. The highest BCUT2D eigenvalue weighted by atomic mass is 35.5. The minimum Gasteiger partial charge on any atom is -0.344 e. The zero-order valence-electron chi connectivity index (χ0n) is 13.2. The van der Waals surface area contributed by atoms with Crippen molar-refractivity contribution < 1.29 is 4.79 Å². The molecule has 120 valence electrons. The van der Waals surface area contributed by atoms with Crippen LogP contribution in [-0.2, 0) is 4.79 Å². The van der Waals surface area contributed by atoms with Crippen molar-refractivity contribution in [1.82, 2.24) is 14.7 Å². The van der Waals surface area contributed by atoms with Crippen molar-refractivity contribution in [2.75, 3.05) is 53.4 Å². The molecule has 20 heavy (non-hydrogen) atoms. The third-order valence-electron chi connectivity index (χ3n) is 3.86. The fourth-order valence-corrected chi connectivity index (χ4v) is 2.43. The number of halogens is 1. The second-order valence-electron chi connectivity index (χ2n) is 5.65. The third kappa shape index (κ3) is 6.88. The van der Waals surface area contributed by atoms with Gasteiger partial charge in [0.05, 0.1) is 6.04 Å². The average Bonchev–Trinajstić information content (AvgIpc) is 2.40. The van der Waals surface area contributed by atoms with Gasteiger partial charge in [0.25, 0.3) is 0 Å². The topological polar surface area (TPSA) is 52.8 Å². The first-order valence-corrected chi connectivity index (χ1v) is 7.46. The van der Waals surface area contributed by atoms with Gasteiger partial charge in [-0.1, -0.05) is 13.3 Å². The SMILES string of the molecule is CCCC(N)C(=O)N(C)CCCN1CCN(C)CC1.Cl. The number of rotatable bonds is 7. The maximum absolute atomic E-state index is 11.9. The van der Waals surface area contributed by atoms with Gasteiger partial charge >= 0.3 is 0 Å². The molecule has 0 aromatic carbocycles. The number of carbonyl (C=O) groups excluding carboxylic acids is 1. The molecule has 0 aromatic rings. The first kappa shape index (κ1) is 19.6. The fraction of sp³-hybridized carbons (Fsp3) is 0.929. The first-order chi connectivity index (χ1) is 9.04. The first-order valence-electron chi connectivity index (χ1n) is 7.46. The van der Waals surface area contributed by atoms with Gasteiger partial charge in [-0.25, -0.2) is 0 Å². The van der Waals surface area contributed by atoms with Gasteiger partial charge in [-0.15, -0.1) is 12.4 Å². The highest BCUT2D eigenvalue weighted by Crippen LogP contribution is 2.02. The van der Waals surface area contributed by atoms with E-state index in [-0.39, 0.29) is 24.4 Å². The molecule has 0 aliphatic carbocycles. The molecule has 1 unspecified atom stereocenters. The highest BCUT2D eigenvalue weighted by Gasteiger charge is 2.17. The molecule has 1 atom stereocenters. The van der Waals surface area contributed by atoms with Crippen LogP contribution in [0.5, 0.6) is 0 Å². The molecule has 0 saturated carbocycles. The Hall–Kier alpha value is -0.360. The van der Waals surface area contributed by atoms with Crippen LogP contribution in [0.3, 0.4) is 0 Å². The maximum atomic E-state index is 11.9. The Kier molecular flexibility index (Phi) is 10.2. The number of hydrogen-bond donors (Lipinski definition) is 1. The summed E-state index contributed by atoms with van der Waals surface area (Å²) < 4.78 is 0. The molecule has 1 heterocycles. The molecular formula is C14H31ClN4O. The Bertz CT molecular complexity index is 270. The molecule has 0 aromatic heterocycles. The van der Waals surface area contributed by atoms with Crippen LogP contribution in [0.15, 0.2) is 0 Å². The molecule has 0 spiro atoms. The molecule has 2 N–H and O–H groups in total. The maximum Gasteiger partial charge on any atom is 0.239 e. The molecule has 5 nitrogen and oxygen atoms in total. The number of nitrogens with zero attached hydrogens (tertiary/aromatic N) is 3. The predicted molar refractivity (Wildman–Crippen MR) is 86.3 cm³/mol. The molecule has 1 aliphatic rings. The predicted octanol–water partition coefficient (Wildman–Crippen LogP) is 0.632. The number of carbonyl (C=O) groups is 1. The number of hydrogen-bond acceptors (Lipinski definition) is 4. The number of likely N-dealkylation sites (N-methyl/N-ethyl adjacent to an activating group) is 2. The molecule has 1 aliphatic heterocycles. The largest absolute Gasteiger partial charge is 0.344 e. The Labute approximate surface area is 129 Å². The van der Waals surface area contributed by atoms with Gasteiger partial charge in [-0.2, -0.15) is 0 Å². The lowest BCUT2D eigenvalue weighted by Crippen LogP contribution is -2.46. The van der Waals surface area contributed by atoms with E-state index < -0.39 is 0 Å². The molecule has 1 rings (SSSR count). The van der Waals surface area contributed by atoms with Crippen molar-refractivity contribution >= 4 is 18.3 Å². The zero-order chi connectivity index (χ0) is 14.3. The Morgan fingerprint density at radius 1 is 1.30 bits per heavy atom. The van der Waals surface area contributed by atoms with E-state index >= 15 is 0 Å². The van der Waals surface area contributed by atoms with Gasteiger partial charge in [0.2, 0.25) is 5.91 Å². The lowest BCUT2D eigenvalue weighted by molar-refractivity contribution is -0.131. The number of nitrogens with two attached hydrogens (primary N) is 1. The van der Waals surface area contributed by atoms with Gasteiger partial charge < -0.3 is 20.4 Å². The minimum atomic E-state index is -0.321. The molecule has 0 radical (unpaired) electrons. The van der Waals surface area contributed by atoms with Crippen LogP contribution >= 0.6 is 12.4 Å². The van der Waals surface area contributed by atoms with Gasteiger partial charge in [0.15, 0.2) is 0 Å². The Morgan fingerprint density at radius 2 is 1.90 bits per heavy atom. The van der Waals surface area contributed by atoms with Crippen LogP contribution < -0.4 is 5.73 Å². The summed E-state index contributed by atoms with van der Waals surface area (Å²) in [6.45, 7) is 8.52. The molecule has 1 fully saturated rings. The highest BCUT2D eigenvalue weighted by molar-refractivity contribution is 5.85. The molecule has 0 bridgehead atoms. The normalized spacial score (nSPS) is 18.4. The summed E-state index contributed by atoms with van der Waals surface area (Å²) in [5.41, 5.74) is 5.85. The van der Waals surface area contributed by atoms with E-state index in [1.54, 1.807) is 4.90 Å². The fourth-order valence-electron chi connectivity index (χ4n) is 2.43. The van der Waals surface area contributed by atoms with Crippen molar-refractivity contribution in [1.29, 1.82) is 0 Å². The van der Waals surface area contributed by atoms with Crippen LogP contribution in [-0.4, -0.2) is 80.0 Å². The summed E-state index contributed by atoms with van der Waals surface area (Å²) >= 11 is 0. The van der Waals surface area contributed by atoms with Crippen LogP contribution in [0, 0.1) is 0 Å². The van der Waals surface area contributed by atoms with E-state index in [2.05, 4.69) is 23.8 Å². The Balaban J connectivity index is 0.00000361. The average molecular weight is 307 g/mol. The van der Waals surface area contributed by atoms with E-state index in [4.69, 9.17) is 5.73 Å². The molecular weight excluding hydrogens is 276 g/mol. The summed E-state index contributed by atoms with van der Waals surface area (Å²) in [5.74, 6) is 0.0835. The van der Waals surface area contributed by atoms with Crippen molar-refractivity contribution in [2.45, 2.75) is 32.2 Å². The molecule has 1 saturated heterocycles. The summed E-state index contributed by atoms with van der Waals surface area (Å²) in [4.78, 5) is 18.6. The van der Waals surface area contributed by atoms with Crippen molar-refractivity contribution in [3.8, 4) is 0 Å². The quantitative estimate of drug-likeness (QED) is 0.750. The summed E-state index contributed by atoms with van der Waals surface area (Å²) in [6.07, 6.45) is 2.77. The summed E-state index contributed by atoms with van der Waals surface area (Å²) in [7, 11) is 4.03. The standard InChI is InChI=1S/C14H30N4O.ClH/c1-4-6-13(15)14(19)17(3)7-5-8-18-11-9-16(2)10-12-18;/h13H,4-12,15H2,1-3H3;1H. The monoisotopic (exact) mass is 306 g/mol. The molecule has 6 heteroatoms. The third-order valence-corrected chi connectivity index (χ3v) is 3.86. The molecule has 1 amide bonds. The van der Waals surface area contributed by atoms with Gasteiger partial charge in [0, 0.05) is 39.8 Å². The minimum absolute atomic E-state index is 0. The van der Waals surface area contributed by atoms with Crippen molar-refractivity contribution in [3.05, 3.63) is 0 Å². The van der Waals surface area contributed by atoms with Gasteiger partial charge in [0.1, 0.15) is 0 Å². The lowest BCUT2D eigenvalue weighted by atomic mass is 10.1. The van der Waals surface area contributed by atoms with Gasteiger partial charge in [-0.05, 0) is 26.4 Å². The zero-order valence-corrected chi connectivity index (χ0v) is 14.0. The number of piperazine rings is 1. The second kappa shape index (κ2) is 10.4. The van der Waals surface area contributed by atoms with Crippen LogP contribution in [0.2, 0.25) is 0 Å². The van der Waals surface area contributed by atoms with E-state index in [0.29, 0.717) is 0 Å². The number of amides is 1. The van der Waals surface area contributed by atoms with Crippen molar-refractivity contribution in [2.24, 2.45) is 5.73 Å².